The molecular weight excluding hydrogens is 356 g/mol. The van der Waals surface area contributed by atoms with Crippen LogP contribution in [0.4, 0.5) is 0 Å². The first-order valence-electron chi connectivity index (χ1n) is 9.97. The molecule has 0 saturated carbocycles. The second-order valence-corrected chi connectivity index (χ2v) is 8.43. The Kier molecular flexibility index (Phi) is 8.04. The highest BCUT2D eigenvalue weighted by Gasteiger charge is 2.23. The van der Waals surface area contributed by atoms with Gasteiger partial charge in [0.05, 0.1) is 12.0 Å². The molecule has 0 saturated heterocycles. The summed E-state index contributed by atoms with van der Waals surface area (Å²) in [6.07, 6.45) is 2.04. The van der Waals surface area contributed by atoms with Crippen molar-refractivity contribution in [3.05, 3.63) is 59.7 Å². The number of hydrogen-bond acceptors (Lipinski definition) is 2. The zero-order valence-corrected chi connectivity index (χ0v) is 18.1. The summed E-state index contributed by atoms with van der Waals surface area (Å²) in [5, 5.41) is 0.0576. The van der Waals surface area contributed by atoms with E-state index in [0.717, 1.165) is 30.9 Å². The van der Waals surface area contributed by atoms with Crippen LogP contribution in [0.5, 0.6) is 11.5 Å². The second kappa shape index (κ2) is 10.0. The van der Waals surface area contributed by atoms with Crippen LogP contribution in [0, 0.1) is 5.92 Å². The summed E-state index contributed by atoms with van der Waals surface area (Å²) in [5.41, 5.74) is 2.42. The summed E-state index contributed by atoms with van der Waals surface area (Å²) in [6.45, 7) is 12.2. The lowest BCUT2D eigenvalue weighted by atomic mass is 9.78. The van der Waals surface area contributed by atoms with Gasteiger partial charge in [0.15, 0.2) is 0 Å². The Morgan fingerprint density at radius 2 is 1.22 bits per heavy atom. The quantitative estimate of drug-likeness (QED) is 0.415. The lowest BCUT2D eigenvalue weighted by Crippen LogP contribution is -2.19. The van der Waals surface area contributed by atoms with Gasteiger partial charge in [-0.1, -0.05) is 65.3 Å². The zero-order chi connectivity index (χ0) is 19.9. The summed E-state index contributed by atoms with van der Waals surface area (Å²) in [5.74, 6) is 2.38. The van der Waals surface area contributed by atoms with Crippen molar-refractivity contribution in [2.24, 2.45) is 5.92 Å². The van der Waals surface area contributed by atoms with Crippen molar-refractivity contribution in [1.82, 2.24) is 0 Å². The number of hydrogen-bond donors (Lipinski definition) is 0. The molecule has 2 aromatic rings. The van der Waals surface area contributed by atoms with E-state index < -0.39 is 0 Å². The van der Waals surface area contributed by atoms with E-state index in [9.17, 15) is 0 Å². The maximum absolute atomic E-state index is 6.12. The number of halogens is 1. The molecule has 2 atom stereocenters. The number of rotatable bonds is 10. The van der Waals surface area contributed by atoms with E-state index in [-0.39, 0.29) is 10.8 Å². The maximum atomic E-state index is 6.12. The second-order valence-electron chi connectivity index (χ2n) is 7.81. The highest BCUT2D eigenvalue weighted by Crippen LogP contribution is 2.33. The van der Waals surface area contributed by atoms with E-state index in [2.05, 4.69) is 71.0 Å². The zero-order valence-electron chi connectivity index (χ0n) is 17.3. The smallest absolute Gasteiger partial charge is 0.119 e. The third-order valence-electron chi connectivity index (χ3n) is 5.26. The Bertz CT molecular complexity index is 617. The maximum Gasteiger partial charge on any atom is 0.119 e. The average molecular weight is 389 g/mol. The van der Waals surface area contributed by atoms with Crippen LogP contribution in [0.1, 0.15) is 58.6 Å². The van der Waals surface area contributed by atoms with Gasteiger partial charge in [0.25, 0.3) is 0 Å². The largest absolute Gasteiger partial charge is 0.493 e. The average Bonchev–Trinajstić information content (AvgIpc) is 2.70. The minimum absolute atomic E-state index is 0.0576. The lowest BCUT2D eigenvalue weighted by Gasteiger charge is -2.26. The summed E-state index contributed by atoms with van der Waals surface area (Å²) < 4.78 is 11.6. The van der Waals surface area contributed by atoms with Crippen LogP contribution >= 0.6 is 11.6 Å². The molecule has 0 radical (unpaired) electrons. The monoisotopic (exact) mass is 388 g/mol. The Balaban J connectivity index is 2.04. The summed E-state index contributed by atoms with van der Waals surface area (Å²) in [6, 6.07) is 16.8. The molecule has 2 aromatic carbocycles. The van der Waals surface area contributed by atoms with E-state index in [1.165, 1.54) is 11.1 Å². The molecule has 0 amide bonds. The summed E-state index contributed by atoms with van der Waals surface area (Å²) in [4.78, 5) is 0. The fraction of sp³-hybridized carbons (Fsp3) is 0.500. The molecule has 3 heteroatoms. The van der Waals surface area contributed by atoms with Crippen molar-refractivity contribution >= 4 is 11.6 Å². The molecule has 0 aliphatic rings. The normalized spacial score (nSPS) is 13.9. The number of alkyl halides is 1. The van der Waals surface area contributed by atoms with Crippen molar-refractivity contribution in [3.63, 3.8) is 0 Å². The predicted molar refractivity (Wildman–Crippen MR) is 115 cm³/mol. The third kappa shape index (κ3) is 6.17. The van der Waals surface area contributed by atoms with Gasteiger partial charge in [-0.3, -0.25) is 0 Å². The van der Waals surface area contributed by atoms with Gasteiger partial charge in [-0.2, -0.15) is 0 Å². The van der Waals surface area contributed by atoms with Crippen LogP contribution in [0.15, 0.2) is 48.5 Å². The highest BCUT2D eigenvalue weighted by molar-refractivity contribution is 6.20. The molecule has 2 nitrogen and oxygen atoms in total. The Morgan fingerprint density at radius 1 is 0.778 bits per heavy atom. The Morgan fingerprint density at radius 3 is 1.63 bits per heavy atom. The molecule has 148 valence electrons. The lowest BCUT2D eigenvalue weighted by molar-refractivity contribution is 0.256. The molecule has 0 heterocycles. The minimum atomic E-state index is -0.0911. The minimum Gasteiger partial charge on any atom is -0.493 e. The molecule has 0 aliphatic carbocycles. The van der Waals surface area contributed by atoms with Crippen LogP contribution in [-0.2, 0) is 5.41 Å². The van der Waals surface area contributed by atoms with Crippen LogP contribution in [0.25, 0.3) is 0 Å². The van der Waals surface area contributed by atoms with Crippen LogP contribution in [0.2, 0.25) is 0 Å². The molecule has 0 spiro atoms. The Hall–Kier alpha value is -1.67. The standard InChI is InChI=1S/C24H33ClO2/c1-6-18(3)16-26-22-12-8-19(9-13-22)24(4,5)20-10-14-23(15-11-20)27-17-21(25)7-2/h8-15,18,21H,6-7,16-17H2,1-5H3/t18-,21+/m1/s1. The Labute approximate surface area is 169 Å². The third-order valence-corrected chi connectivity index (χ3v) is 5.69. The van der Waals surface area contributed by atoms with Gasteiger partial charge in [-0.15, -0.1) is 11.6 Å². The molecule has 0 fully saturated rings. The first kappa shape index (κ1) is 21.6. The van der Waals surface area contributed by atoms with Gasteiger partial charge in [-0.25, -0.2) is 0 Å². The highest BCUT2D eigenvalue weighted by atomic mass is 35.5. The van der Waals surface area contributed by atoms with Crippen LogP contribution < -0.4 is 9.47 Å². The molecule has 0 aliphatic heterocycles. The van der Waals surface area contributed by atoms with E-state index in [1.807, 2.05) is 12.1 Å². The summed E-state index contributed by atoms with van der Waals surface area (Å²) >= 11 is 6.12. The van der Waals surface area contributed by atoms with Crippen LogP contribution in [0.3, 0.4) is 0 Å². The molecular formula is C24H33ClO2. The van der Waals surface area contributed by atoms with Crippen molar-refractivity contribution in [3.8, 4) is 11.5 Å². The van der Waals surface area contributed by atoms with Crippen molar-refractivity contribution < 1.29 is 9.47 Å². The van der Waals surface area contributed by atoms with E-state index in [0.29, 0.717) is 12.5 Å². The SMILES string of the molecule is CC[C@@H](C)COc1ccc(C(C)(C)c2ccc(OC[C@@H](Cl)CC)cc2)cc1. The first-order chi connectivity index (χ1) is 12.9. The van der Waals surface area contributed by atoms with Gasteiger partial charge in [0.2, 0.25) is 0 Å². The molecule has 27 heavy (non-hydrogen) atoms. The van der Waals surface area contributed by atoms with E-state index >= 15 is 0 Å². The molecule has 2 rings (SSSR count). The van der Waals surface area contributed by atoms with Crippen molar-refractivity contribution in [2.45, 2.75) is 58.3 Å². The molecule has 0 unspecified atom stereocenters. The van der Waals surface area contributed by atoms with Gasteiger partial charge in [0, 0.05) is 5.41 Å². The number of benzene rings is 2. The van der Waals surface area contributed by atoms with E-state index in [4.69, 9.17) is 21.1 Å². The van der Waals surface area contributed by atoms with Gasteiger partial charge in [0.1, 0.15) is 18.1 Å². The van der Waals surface area contributed by atoms with Crippen molar-refractivity contribution in [2.75, 3.05) is 13.2 Å². The van der Waals surface area contributed by atoms with Gasteiger partial charge in [-0.05, 0) is 47.7 Å². The topological polar surface area (TPSA) is 18.5 Å². The van der Waals surface area contributed by atoms with Crippen LogP contribution in [-0.4, -0.2) is 18.6 Å². The van der Waals surface area contributed by atoms with Gasteiger partial charge >= 0.3 is 0 Å². The fourth-order valence-electron chi connectivity index (χ4n) is 2.76. The number of ether oxygens (including phenoxy) is 2. The van der Waals surface area contributed by atoms with Gasteiger partial charge < -0.3 is 9.47 Å². The molecule has 0 aromatic heterocycles. The predicted octanol–water partition coefficient (Wildman–Crippen LogP) is 6.83. The summed E-state index contributed by atoms with van der Waals surface area (Å²) in [7, 11) is 0. The fourth-order valence-corrected chi connectivity index (χ4v) is 2.83. The van der Waals surface area contributed by atoms with Crippen molar-refractivity contribution in [1.29, 1.82) is 0 Å². The molecule has 0 bridgehead atoms. The van der Waals surface area contributed by atoms with E-state index in [1.54, 1.807) is 0 Å². The molecule has 0 N–H and O–H groups in total. The first-order valence-corrected chi connectivity index (χ1v) is 10.4.